The summed E-state index contributed by atoms with van der Waals surface area (Å²) in [4.78, 5) is 4.74. The molecule has 2 aromatic heterocycles. The van der Waals surface area contributed by atoms with E-state index in [1.165, 1.54) is 53.2 Å². The van der Waals surface area contributed by atoms with Crippen molar-refractivity contribution in [3.8, 4) is 0 Å². The number of rotatable bonds is 6. The van der Waals surface area contributed by atoms with Crippen molar-refractivity contribution >= 4 is 98.3 Å². The molecule has 0 fully saturated rings. The number of fused-ring (bicyclic) bond motifs is 7. The molecule has 0 spiro atoms. The predicted octanol–water partition coefficient (Wildman–Crippen LogP) is 19.2. The molecule has 0 aliphatic heterocycles. The van der Waals surface area contributed by atoms with Crippen molar-refractivity contribution < 1.29 is 4.42 Å². The van der Waals surface area contributed by atoms with Crippen LogP contribution in [-0.2, 0) is 21.7 Å². The van der Waals surface area contributed by atoms with Crippen LogP contribution in [0.1, 0.15) is 105 Å². The molecule has 0 aliphatic carbocycles. The summed E-state index contributed by atoms with van der Waals surface area (Å²) in [7, 11) is 0. The van der Waals surface area contributed by atoms with Gasteiger partial charge in [-0.3, -0.25) is 0 Å². The lowest BCUT2D eigenvalue weighted by molar-refractivity contribution is 0.590. The van der Waals surface area contributed by atoms with Crippen LogP contribution in [0, 0.1) is 0 Å². The largest absolute Gasteiger partial charge is 0.456 e. The van der Waals surface area contributed by atoms with E-state index in [4.69, 9.17) is 4.42 Å². The van der Waals surface area contributed by atoms with Crippen molar-refractivity contribution in [2.45, 2.75) is 105 Å². The van der Waals surface area contributed by atoms with Gasteiger partial charge in [0.2, 0.25) is 0 Å². The summed E-state index contributed by atoms with van der Waals surface area (Å²) < 4.78 is 9.31. The van der Waals surface area contributed by atoms with Crippen LogP contribution in [0.5, 0.6) is 0 Å². The molecule has 66 heavy (non-hydrogen) atoms. The Labute approximate surface area is 395 Å². The van der Waals surface area contributed by atoms with E-state index in [9.17, 15) is 0 Å². The molecule has 0 atom stereocenters. The Hall–Kier alpha value is -6.36. The molecule has 0 unspecified atom stereocenters. The molecule has 332 valence electrons. The average Bonchev–Trinajstić information content (AvgIpc) is 3.80. The van der Waals surface area contributed by atoms with E-state index in [1.807, 2.05) is 11.3 Å². The van der Waals surface area contributed by atoms with Crippen LogP contribution in [0.25, 0.3) is 52.9 Å². The topological polar surface area (TPSA) is 19.6 Å². The van der Waals surface area contributed by atoms with Gasteiger partial charge in [-0.1, -0.05) is 138 Å². The number of anilines is 6. The summed E-state index contributed by atoms with van der Waals surface area (Å²) >= 11 is 1.86. The fourth-order valence-corrected chi connectivity index (χ4v) is 10.6. The second kappa shape index (κ2) is 15.6. The van der Waals surface area contributed by atoms with E-state index >= 15 is 0 Å². The highest BCUT2D eigenvalue weighted by Crippen LogP contribution is 2.45. The summed E-state index contributed by atoms with van der Waals surface area (Å²) in [6.07, 6.45) is 0. The molecule has 10 rings (SSSR count). The molecule has 0 bridgehead atoms. The van der Waals surface area contributed by atoms with Gasteiger partial charge in [0.05, 0.1) is 0 Å². The Bertz CT molecular complexity index is 3070. The number of benzene rings is 8. The second-order valence-electron chi connectivity index (χ2n) is 22.5. The van der Waals surface area contributed by atoms with Gasteiger partial charge in [-0.2, -0.15) is 0 Å². The maximum Gasteiger partial charge on any atom is 0.137 e. The monoisotopic (exact) mass is 882 g/mol. The first kappa shape index (κ1) is 43.5. The lowest BCUT2D eigenvalue weighted by Gasteiger charge is -2.28. The molecular formula is C62H62N2OS. The lowest BCUT2D eigenvalue weighted by Crippen LogP contribution is -2.14. The van der Waals surface area contributed by atoms with Crippen LogP contribution >= 0.6 is 11.3 Å². The Morgan fingerprint density at radius 3 is 1.06 bits per heavy atom. The van der Waals surface area contributed by atoms with E-state index < -0.39 is 0 Å². The van der Waals surface area contributed by atoms with Crippen molar-refractivity contribution in [1.29, 1.82) is 0 Å². The van der Waals surface area contributed by atoms with E-state index in [0.717, 1.165) is 56.1 Å². The van der Waals surface area contributed by atoms with Gasteiger partial charge in [-0.25, -0.2) is 0 Å². The van der Waals surface area contributed by atoms with Crippen LogP contribution in [0.4, 0.5) is 34.1 Å². The van der Waals surface area contributed by atoms with Crippen LogP contribution in [0.2, 0.25) is 0 Å². The van der Waals surface area contributed by atoms with Crippen molar-refractivity contribution in [3.63, 3.8) is 0 Å². The number of nitrogens with zero attached hydrogens (tertiary/aromatic N) is 2. The first-order valence-electron chi connectivity index (χ1n) is 23.5. The third-order valence-electron chi connectivity index (χ3n) is 13.5. The van der Waals surface area contributed by atoms with E-state index in [1.54, 1.807) is 0 Å². The molecule has 3 nitrogen and oxygen atoms in total. The normalized spacial score (nSPS) is 12.8. The fraction of sp³-hybridized carbons (Fsp3) is 0.258. The molecule has 0 aliphatic rings. The number of hydrogen-bond acceptors (Lipinski definition) is 4. The molecule has 0 saturated heterocycles. The van der Waals surface area contributed by atoms with E-state index in [0.29, 0.717) is 0 Å². The number of thiophene rings is 1. The predicted molar refractivity (Wildman–Crippen MR) is 288 cm³/mol. The molecule has 0 saturated carbocycles. The Kier molecular flexibility index (Phi) is 10.3. The van der Waals surface area contributed by atoms with Gasteiger partial charge in [-0.05, 0) is 152 Å². The van der Waals surface area contributed by atoms with Gasteiger partial charge in [0.1, 0.15) is 11.2 Å². The molecule has 0 amide bonds. The quantitative estimate of drug-likeness (QED) is 0.166. The summed E-state index contributed by atoms with van der Waals surface area (Å²) in [5.74, 6) is 0. The second-order valence-corrected chi connectivity index (χ2v) is 23.6. The maximum absolute atomic E-state index is 6.77. The van der Waals surface area contributed by atoms with Crippen molar-refractivity contribution in [2.75, 3.05) is 9.80 Å². The molecule has 0 radical (unpaired) electrons. The Morgan fingerprint density at radius 1 is 0.303 bits per heavy atom. The molecule has 4 heteroatoms. The summed E-state index contributed by atoms with van der Waals surface area (Å²) in [5.41, 5.74) is 14.1. The van der Waals surface area contributed by atoms with Crippen LogP contribution < -0.4 is 9.80 Å². The van der Waals surface area contributed by atoms with Gasteiger partial charge in [0.25, 0.3) is 0 Å². The third-order valence-corrected chi connectivity index (χ3v) is 14.6. The zero-order valence-corrected chi connectivity index (χ0v) is 41.5. The van der Waals surface area contributed by atoms with Crippen molar-refractivity contribution in [3.05, 3.63) is 180 Å². The van der Waals surface area contributed by atoms with E-state index in [2.05, 4.69) is 251 Å². The third kappa shape index (κ3) is 8.04. The standard InChI is InChI=1S/C62H62N2OS/c1-59(2,3)41-13-21-45(22-14-41)63(46-23-15-42(16-24-46)60(4,5)6)49-29-31-51-53-33-39-34-54-52-32-30-50(38-58(52)66-57(54)36-40(39)35-55(53)65-56(51)37-49)64(47-25-17-43(18-26-47)61(7,8)9)48-27-19-44(20-28-48)62(10,11)12/h13-38H,1-12H3. The number of hydrogen-bond donors (Lipinski definition) is 0. The Balaban J connectivity index is 1.04. The van der Waals surface area contributed by atoms with Gasteiger partial charge >= 0.3 is 0 Å². The summed E-state index contributed by atoms with van der Waals surface area (Å²) in [6.45, 7) is 27.2. The molecule has 0 N–H and O–H groups in total. The zero-order valence-electron chi connectivity index (χ0n) is 40.7. The summed E-state index contributed by atoms with van der Waals surface area (Å²) in [5, 5.41) is 7.20. The highest BCUT2D eigenvalue weighted by molar-refractivity contribution is 7.26. The van der Waals surface area contributed by atoms with Gasteiger partial charge in [0.15, 0.2) is 0 Å². The minimum atomic E-state index is 0.0711. The fourth-order valence-electron chi connectivity index (χ4n) is 9.39. The highest BCUT2D eigenvalue weighted by Gasteiger charge is 2.22. The van der Waals surface area contributed by atoms with Gasteiger partial charge in [-0.15, -0.1) is 11.3 Å². The average molecular weight is 883 g/mol. The molecule has 8 aromatic carbocycles. The minimum absolute atomic E-state index is 0.0711. The highest BCUT2D eigenvalue weighted by atomic mass is 32.1. The maximum atomic E-state index is 6.77. The smallest absolute Gasteiger partial charge is 0.137 e. The number of furan rings is 1. The van der Waals surface area contributed by atoms with Crippen molar-refractivity contribution in [1.82, 2.24) is 0 Å². The molecule has 2 heterocycles. The SMILES string of the molecule is CC(C)(C)c1ccc(N(c2ccc(C(C)(C)C)cc2)c2ccc3c(c2)oc2cc4cc5sc6cc(N(c7ccc(C(C)(C)C)cc7)c7ccc(C(C)(C)C)cc7)ccc6c5cc4cc23)cc1. The van der Waals surface area contributed by atoms with Crippen LogP contribution in [0.15, 0.2) is 162 Å². The minimum Gasteiger partial charge on any atom is -0.456 e. The first-order chi connectivity index (χ1) is 31.2. The molecular weight excluding hydrogens is 821 g/mol. The summed E-state index contributed by atoms with van der Waals surface area (Å²) in [6, 6.07) is 59.2. The van der Waals surface area contributed by atoms with Gasteiger partial charge < -0.3 is 14.2 Å². The van der Waals surface area contributed by atoms with Gasteiger partial charge in [0, 0.05) is 71.1 Å². The first-order valence-corrected chi connectivity index (χ1v) is 24.3. The zero-order chi connectivity index (χ0) is 46.5. The molecule has 10 aromatic rings. The Morgan fingerprint density at radius 2 is 0.636 bits per heavy atom. The van der Waals surface area contributed by atoms with Crippen molar-refractivity contribution in [2.24, 2.45) is 0 Å². The van der Waals surface area contributed by atoms with E-state index in [-0.39, 0.29) is 21.7 Å². The lowest BCUT2D eigenvalue weighted by atomic mass is 9.86. The van der Waals surface area contributed by atoms with Crippen LogP contribution in [0.3, 0.4) is 0 Å². The van der Waals surface area contributed by atoms with Crippen LogP contribution in [-0.4, -0.2) is 0 Å².